The molecule has 0 N–H and O–H groups in total. The zero-order valence-corrected chi connectivity index (χ0v) is 18.0. The fourth-order valence-electron chi connectivity index (χ4n) is 3.48. The van der Waals surface area contributed by atoms with E-state index >= 15 is 0 Å². The van der Waals surface area contributed by atoms with E-state index in [4.69, 9.17) is 4.52 Å². The molecule has 3 aromatic rings. The van der Waals surface area contributed by atoms with Gasteiger partial charge in [-0.25, -0.2) is 8.42 Å². The Bertz CT molecular complexity index is 1080. The van der Waals surface area contributed by atoms with E-state index in [9.17, 15) is 8.42 Å². The van der Waals surface area contributed by atoms with Gasteiger partial charge in [-0.1, -0.05) is 22.9 Å². The van der Waals surface area contributed by atoms with Crippen LogP contribution < -0.4 is 0 Å². The maximum absolute atomic E-state index is 13.0. The predicted octanol–water partition coefficient (Wildman–Crippen LogP) is 4.34. The van der Waals surface area contributed by atoms with Crippen molar-refractivity contribution in [2.75, 3.05) is 19.3 Å². The van der Waals surface area contributed by atoms with Crippen LogP contribution in [0.25, 0.3) is 11.4 Å². The molecule has 0 spiro atoms. The first kappa shape index (κ1) is 20.1. The molecule has 2 heterocycles. The van der Waals surface area contributed by atoms with Crippen molar-refractivity contribution >= 4 is 21.8 Å². The summed E-state index contributed by atoms with van der Waals surface area (Å²) in [6.07, 6.45) is 3.61. The number of sulfonamides is 1. The molecule has 6 nitrogen and oxygen atoms in total. The van der Waals surface area contributed by atoms with Gasteiger partial charge >= 0.3 is 0 Å². The van der Waals surface area contributed by atoms with Crippen molar-refractivity contribution < 1.29 is 12.9 Å². The maximum Gasteiger partial charge on any atom is 0.243 e. The molecule has 152 valence electrons. The van der Waals surface area contributed by atoms with Crippen LogP contribution >= 0.6 is 11.8 Å². The molecule has 2 aromatic carbocycles. The Hall–Kier alpha value is -2.16. The van der Waals surface area contributed by atoms with Crippen LogP contribution in [-0.4, -0.2) is 42.2 Å². The molecule has 0 aliphatic carbocycles. The monoisotopic (exact) mass is 429 g/mol. The molecule has 0 unspecified atom stereocenters. The normalized spacial score (nSPS) is 18.1. The number of rotatable bonds is 5. The quantitative estimate of drug-likeness (QED) is 0.562. The molecule has 8 heteroatoms. The highest BCUT2D eigenvalue weighted by atomic mass is 32.2. The van der Waals surface area contributed by atoms with Gasteiger partial charge in [0.05, 0.1) is 10.8 Å². The summed E-state index contributed by atoms with van der Waals surface area (Å²) >= 11 is 1.68. The molecule has 0 radical (unpaired) electrons. The van der Waals surface area contributed by atoms with E-state index in [1.54, 1.807) is 23.9 Å². The lowest BCUT2D eigenvalue weighted by Gasteiger charge is -2.30. The van der Waals surface area contributed by atoms with Gasteiger partial charge in [0.15, 0.2) is 0 Å². The second-order valence-corrected chi connectivity index (χ2v) is 10.0. The molecule has 0 amide bonds. The van der Waals surface area contributed by atoms with Gasteiger partial charge in [-0.2, -0.15) is 9.29 Å². The molecule has 0 bridgehead atoms. The van der Waals surface area contributed by atoms with Crippen molar-refractivity contribution in [3.05, 3.63) is 60.0 Å². The van der Waals surface area contributed by atoms with Crippen LogP contribution in [0.4, 0.5) is 0 Å². The Kier molecular flexibility index (Phi) is 5.76. The minimum atomic E-state index is -3.53. The van der Waals surface area contributed by atoms with E-state index in [0.717, 1.165) is 24.0 Å². The summed E-state index contributed by atoms with van der Waals surface area (Å²) in [6.45, 7) is 2.79. The number of benzene rings is 2. The van der Waals surface area contributed by atoms with E-state index in [0.29, 0.717) is 29.7 Å². The first-order valence-electron chi connectivity index (χ1n) is 9.52. The smallest absolute Gasteiger partial charge is 0.243 e. The van der Waals surface area contributed by atoms with Gasteiger partial charge in [0, 0.05) is 23.5 Å². The third kappa shape index (κ3) is 4.24. The minimum Gasteiger partial charge on any atom is -0.339 e. The molecule has 4 rings (SSSR count). The zero-order valence-electron chi connectivity index (χ0n) is 16.4. The minimum absolute atomic E-state index is 0.101. The van der Waals surface area contributed by atoms with Crippen molar-refractivity contribution in [2.24, 2.45) is 0 Å². The van der Waals surface area contributed by atoms with Gasteiger partial charge in [-0.3, -0.25) is 0 Å². The first-order valence-corrected chi connectivity index (χ1v) is 12.2. The maximum atomic E-state index is 13.0. The van der Waals surface area contributed by atoms with Crippen LogP contribution in [0.1, 0.15) is 30.2 Å². The van der Waals surface area contributed by atoms with Gasteiger partial charge < -0.3 is 4.52 Å². The Morgan fingerprint density at radius 1 is 1.10 bits per heavy atom. The predicted molar refractivity (Wildman–Crippen MR) is 113 cm³/mol. The summed E-state index contributed by atoms with van der Waals surface area (Å²) in [5.41, 5.74) is 1.92. The summed E-state index contributed by atoms with van der Waals surface area (Å²) in [5, 5.41) is 4.11. The largest absolute Gasteiger partial charge is 0.339 e. The van der Waals surface area contributed by atoms with Gasteiger partial charge in [0.25, 0.3) is 0 Å². The molecule has 29 heavy (non-hydrogen) atoms. The lowest BCUT2D eigenvalue weighted by atomic mass is 10.00. The van der Waals surface area contributed by atoms with Gasteiger partial charge in [0.1, 0.15) is 0 Å². The molecule has 1 fully saturated rings. The number of aromatic nitrogens is 2. The van der Waals surface area contributed by atoms with Crippen molar-refractivity contribution in [1.29, 1.82) is 0 Å². The van der Waals surface area contributed by atoms with E-state index in [1.165, 1.54) is 9.20 Å². The van der Waals surface area contributed by atoms with Crippen LogP contribution in [0.5, 0.6) is 0 Å². The average molecular weight is 430 g/mol. The lowest BCUT2D eigenvalue weighted by molar-refractivity contribution is 0.265. The highest BCUT2D eigenvalue weighted by molar-refractivity contribution is 7.98. The highest BCUT2D eigenvalue weighted by Crippen LogP contribution is 2.31. The molecular formula is C21H23N3O3S2. The Morgan fingerprint density at radius 3 is 2.52 bits per heavy atom. The third-order valence-corrected chi connectivity index (χ3v) is 7.81. The molecule has 0 saturated carbocycles. The van der Waals surface area contributed by atoms with Crippen LogP contribution in [-0.2, 0) is 10.0 Å². The van der Waals surface area contributed by atoms with Crippen LogP contribution in [0.2, 0.25) is 0 Å². The number of aryl methyl sites for hydroxylation is 1. The van der Waals surface area contributed by atoms with E-state index in [-0.39, 0.29) is 5.92 Å². The van der Waals surface area contributed by atoms with Crippen LogP contribution in [0.3, 0.4) is 0 Å². The topological polar surface area (TPSA) is 76.3 Å². The lowest BCUT2D eigenvalue weighted by Crippen LogP contribution is -2.39. The average Bonchev–Trinajstić information content (AvgIpc) is 3.24. The second-order valence-electron chi connectivity index (χ2n) is 7.20. The number of nitrogens with zero attached hydrogens (tertiary/aromatic N) is 3. The number of thioether (sulfide) groups is 1. The summed E-state index contributed by atoms with van der Waals surface area (Å²) in [4.78, 5) is 6.05. The Balaban J connectivity index is 1.52. The van der Waals surface area contributed by atoms with E-state index < -0.39 is 10.0 Å². The first-order chi connectivity index (χ1) is 14.0. The molecule has 1 aliphatic rings. The Morgan fingerprint density at radius 2 is 1.83 bits per heavy atom. The van der Waals surface area contributed by atoms with Gasteiger partial charge in [0.2, 0.25) is 21.7 Å². The number of hydrogen-bond donors (Lipinski definition) is 0. The molecular weight excluding hydrogens is 406 g/mol. The van der Waals surface area contributed by atoms with Crippen molar-refractivity contribution in [1.82, 2.24) is 14.4 Å². The van der Waals surface area contributed by atoms with Crippen molar-refractivity contribution in [3.8, 4) is 11.4 Å². The third-order valence-electron chi connectivity index (χ3n) is 5.18. The SMILES string of the molecule is CSc1ccc(-c2noc([C@@H]3CCCN(S(=O)(=O)c4ccc(C)cc4)C3)n2)cc1. The number of piperidine rings is 1. The summed E-state index contributed by atoms with van der Waals surface area (Å²) in [7, 11) is -3.53. The molecule has 1 aliphatic heterocycles. The van der Waals surface area contributed by atoms with Crippen molar-refractivity contribution in [3.63, 3.8) is 0 Å². The standard InChI is InChI=1S/C21H23N3O3S2/c1-15-5-11-19(12-6-15)29(25,26)24-13-3-4-17(14-24)21-22-20(23-27-21)16-7-9-18(28-2)10-8-16/h5-12,17H,3-4,13-14H2,1-2H3/t17-/m1/s1. The summed E-state index contributed by atoms with van der Waals surface area (Å²) in [6, 6.07) is 14.9. The summed E-state index contributed by atoms with van der Waals surface area (Å²) in [5.74, 6) is 0.930. The second kappa shape index (κ2) is 8.30. The number of hydrogen-bond acceptors (Lipinski definition) is 6. The van der Waals surface area contributed by atoms with E-state index in [1.807, 2.05) is 49.6 Å². The van der Waals surface area contributed by atoms with Gasteiger partial charge in [-0.15, -0.1) is 11.8 Å². The van der Waals surface area contributed by atoms with Crippen molar-refractivity contribution in [2.45, 2.75) is 35.5 Å². The highest BCUT2D eigenvalue weighted by Gasteiger charge is 2.33. The van der Waals surface area contributed by atoms with Crippen LogP contribution in [0.15, 0.2) is 62.8 Å². The summed E-state index contributed by atoms with van der Waals surface area (Å²) < 4.78 is 33.1. The molecule has 1 atom stereocenters. The zero-order chi connectivity index (χ0) is 20.4. The van der Waals surface area contributed by atoms with Crippen LogP contribution in [0, 0.1) is 6.92 Å². The van der Waals surface area contributed by atoms with Gasteiger partial charge in [-0.05, 0) is 62.4 Å². The molecule has 1 aromatic heterocycles. The fourth-order valence-corrected chi connectivity index (χ4v) is 5.41. The fraction of sp³-hybridized carbons (Fsp3) is 0.333. The Labute approximate surface area is 175 Å². The molecule has 1 saturated heterocycles. The van der Waals surface area contributed by atoms with E-state index in [2.05, 4.69) is 10.1 Å².